The van der Waals surface area contributed by atoms with Gasteiger partial charge in [-0.3, -0.25) is 4.79 Å². The van der Waals surface area contributed by atoms with Crippen molar-refractivity contribution in [2.24, 2.45) is 0 Å². The van der Waals surface area contributed by atoms with Gasteiger partial charge in [0.15, 0.2) is 0 Å². The second-order valence-corrected chi connectivity index (χ2v) is 5.01. The summed E-state index contributed by atoms with van der Waals surface area (Å²) >= 11 is 0. The minimum Gasteiger partial charge on any atom is -0.372 e. The monoisotopic (exact) mass is 331 g/mol. The van der Waals surface area contributed by atoms with Crippen LogP contribution in [0.15, 0.2) is 48.5 Å². The van der Waals surface area contributed by atoms with Crippen LogP contribution >= 0.6 is 0 Å². The minimum absolute atomic E-state index is 0.0772. The van der Waals surface area contributed by atoms with Crippen LogP contribution in [-0.2, 0) is 9.53 Å². The summed E-state index contributed by atoms with van der Waals surface area (Å²) in [6.07, 6.45) is -0.592. The van der Waals surface area contributed by atoms with Crippen molar-refractivity contribution < 1.29 is 18.7 Å². The van der Waals surface area contributed by atoms with Crippen molar-refractivity contribution in [1.29, 1.82) is 0 Å². The number of hydrogen-bond donors (Lipinski definition) is 3. The normalized spacial score (nSPS) is 11.5. The fraction of sp³-hybridized carbons (Fsp3) is 0.176. The maximum absolute atomic E-state index is 13.5. The van der Waals surface area contributed by atoms with Crippen LogP contribution in [0.3, 0.4) is 0 Å². The first kappa shape index (κ1) is 17.4. The number of anilines is 3. The Kier molecular flexibility index (Phi) is 5.86. The van der Waals surface area contributed by atoms with Gasteiger partial charge in [0.1, 0.15) is 11.9 Å². The van der Waals surface area contributed by atoms with Crippen molar-refractivity contribution in [2.75, 3.05) is 23.1 Å². The van der Waals surface area contributed by atoms with Gasteiger partial charge in [0.25, 0.3) is 5.91 Å². The van der Waals surface area contributed by atoms with Gasteiger partial charge in [0, 0.05) is 18.5 Å². The van der Waals surface area contributed by atoms with Crippen molar-refractivity contribution >= 4 is 29.0 Å². The Labute approximate surface area is 139 Å². The predicted octanol–water partition coefficient (Wildman–Crippen LogP) is 3.44. The summed E-state index contributed by atoms with van der Waals surface area (Å²) in [5, 5.41) is 7.66. The highest BCUT2D eigenvalue weighted by Crippen LogP contribution is 2.17. The smallest absolute Gasteiger partial charge is 0.323 e. The van der Waals surface area contributed by atoms with E-state index < -0.39 is 18.0 Å². The number of ether oxygens (including phenoxy) is 1. The van der Waals surface area contributed by atoms with E-state index in [1.54, 1.807) is 37.3 Å². The average Bonchev–Trinajstić information content (AvgIpc) is 2.56. The summed E-state index contributed by atoms with van der Waals surface area (Å²) in [4.78, 5) is 23.7. The van der Waals surface area contributed by atoms with Crippen molar-refractivity contribution in [3.63, 3.8) is 0 Å². The number of carbonyl (C=O) groups is 2. The molecule has 2 rings (SSSR count). The molecule has 6 nitrogen and oxygen atoms in total. The summed E-state index contributed by atoms with van der Waals surface area (Å²) in [7, 11) is 1.44. The molecule has 3 N–H and O–H groups in total. The summed E-state index contributed by atoms with van der Waals surface area (Å²) in [6, 6.07) is 11.9. The highest BCUT2D eigenvalue weighted by molar-refractivity contribution is 6.00. The number of hydrogen-bond acceptors (Lipinski definition) is 3. The van der Waals surface area contributed by atoms with E-state index in [0.29, 0.717) is 11.4 Å². The fourth-order valence-electron chi connectivity index (χ4n) is 1.87. The maximum atomic E-state index is 13.5. The summed E-state index contributed by atoms with van der Waals surface area (Å²) in [6.45, 7) is 1.62. The average molecular weight is 331 g/mol. The van der Waals surface area contributed by atoms with Gasteiger partial charge in [0.2, 0.25) is 0 Å². The molecule has 24 heavy (non-hydrogen) atoms. The number of nitrogens with one attached hydrogen (secondary N) is 3. The lowest BCUT2D eigenvalue weighted by atomic mass is 10.2. The first-order valence-electron chi connectivity index (χ1n) is 7.26. The zero-order valence-corrected chi connectivity index (χ0v) is 13.3. The van der Waals surface area contributed by atoms with E-state index >= 15 is 0 Å². The molecule has 0 spiro atoms. The first-order valence-corrected chi connectivity index (χ1v) is 7.26. The van der Waals surface area contributed by atoms with Crippen LogP contribution in [-0.4, -0.2) is 25.2 Å². The number of halogens is 1. The molecule has 0 saturated carbocycles. The van der Waals surface area contributed by atoms with Gasteiger partial charge in [-0.15, -0.1) is 0 Å². The first-order chi connectivity index (χ1) is 11.5. The zero-order chi connectivity index (χ0) is 17.5. The quantitative estimate of drug-likeness (QED) is 0.785. The van der Waals surface area contributed by atoms with E-state index in [0.717, 1.165) is 0 Å². The molecule has 0 aliphatic rings. The SMILES string of the molecule is COC(C)C(=O)Nc1cccc(NC(=O)Nc2ccccc2F)c1. The number of methoxy groups -OCH3 is 1. The maximum Gasteiger partial charge on any atom is 0.323 e. The molecular weight excluding hydrogens is 313 g/mol. The Bertz CT molecular complexity index is 737. The highest BCUT2D eigenvalue weighted by atomic mass is 19.1. The summed E-state index contributed by atoms with van der Waals surface area (Å²) < 4.78 is 18.4. The summed E-state index contributed by atoms with van der Waals surface area (Å²) in [5.41, 5.74) is 1.03. The number of benzene rings is 2. The lowest BCUT2D eigenvalue weighted by Crippen LogP contribution is -2.26. The molecule has 126 valence electrons. The number of carbonyl (C=O) groups excluding carboxylic acids is 2. The third-order valence-corrected chi connectivity index (χ3v) is 3.23. The number of amides is 3. The van der Waals surface area contributed by atoms with Crippen LogP contribution in [0, 0.1) is 5.82 Å². The van der Waals surface area contributed by atoms with Gasteiger partial charge in [-0.25, -0.2) is 9.18 Å². The van der Waals surface area contributed by atoms with Crippen LogP contribution in [0.25, 0.3) is 0 Å². The standard InChI is InChI=1S/C17H18FN3O3/c1-11(24-2)16(22)19-12-6-5-7-13(10-12)20-17(23)21-15-9-4-3-8-14(15)18/h3-11H,1-2H3,(H,19,22)(H2,20,21,23). The van der Waals surface area contributed by atoms with E-state index in [4.69, 9.17) is 4.74 Å². The van der Waals surface area contributed by atoms with E-state index in [2.05, 4.69) is 16.0 Å². The molecule has 0 aromatic heterocycles. The molecule has 2 aromatic carbocycles. The van der Waals surface area contributed by atoms with Gasteiger partial charge < -0.3 is 20.7 Å². The second kappa shape index (κ2) is 8.07. The molecule has 0 aliphatic heterocycles. The van der Waals surface area contributed by atoms with E-state index in [1.807, 2.05) is 0 Å². The topological polar surface area (TPSA) is 79.5 Å². The molecule has 1 atom stereocenters. The van der Waals surface area contributed by atoms with Gasteiger partial charge in [-0.1, -0.05) is 18.2 Å². The predicted molar refractivity (Wildman–Crippen MR) is 90.6 cm³/mol. The van der Waals surface area contributed by atoms with E-state index in [1.165, 1.54) is 25.3 Å². The lowest BCUT2D eigenvalue weighted by Gasteiger charge is -2.12. The van der Waals surface area contributed by atoms with E-state index in [9.17, 15) is 14.0 Å². The molecule has 2 aromatic rings. The van der Waals surface area contributed by atoms with Crippen molar-refractivity contribution in [3.8, 4) is 0 Å². The van der Waals surface area contributed by atoms with Crippen LogP contribution in [0.4, 0.5) is 26.2 Å². The van der Waals surface area contributed by atoms with Gasteiger partial charge in [0.05, 0.1) is 5.69 Å². The molecular formula is C17H18FN3O3. The molecule has 0 aliphatic carbocycles. The highest BCUT2D eigenvalue weighted by Gasteiger charge is 2.12. The van der Waals surface area contributed by atoms with Gasteiger partial charge in [-0.05, 0) is 37.3 Å². The Morgan fingerprint density at radius 2 is 1.67 bits per heavy atom. The molecule has 0 heterocycles. The van der Waals surface area contributed by atoms with Crippen molar-refractivity contribution in [1.82, 2.24) is 0 Å². The zero-order valence-electron chi connectivity index (χ0n) is 13.3. The van der Waals surface area contributed by atoms with Crippen LogP contribution in [0.5, 0.6) is 0 Å². The third kappa shape index (κ3) is 4.79. The van der Waals surface area contributed by atoms with Crippen LogP contribution in [0.2, 0.25) is 0 Å². The molecule has 0 saturated heterocycles. The van der Waals surface area contributed by atoms with Crippen LogP contribution < -0.4 is 16.0 Å². The Morgan fingerprint density at radius 1 is 1.00 bits per heavy atom. The largest absolute Gasteiger partial charge is 0.372 e. The van der Waals surface area contributed by atoms with Crippen molar-refractivity contribution in [2.45, 2.75) is 13.0 Å². The number of para-hydroxylation sites is 1. The molecule has 3 amide bonds. The van der Waals surface area contributed by atoms with Gasteiger partial charge >= 0.3 is 6.03 Å². The fourth-order valence-corrected chi connectivity index (χ4v) is 1.87. The summed E-state index contributed by atoms with van der Waals surface area (Å²) in [5.74, 6) is -0.826. The van der Waals surface area contributed by atoms with E-state index in [-0.39, 0.29) is 11.6 Å². The lowest BCUT2D eigenvalue weighted by molar-refractivity contribution is -0.124. The molecule has 7 heteroatoms. The molecule has 0 bridgehead atoms. The molecule has 1 unspecified atom stereocenters. The number of rotatable bonds is 5. The molecule has 0 fully saturated rings. The van der Waals surface area contributed by atoms with Crippen molar-refractivity contribution in [3.05, 3.63) is 54.3 Å². The van der Waals surface area contributed by atoms with Crippen LogP contribution in [0.1, 0.15) is 6.92 Å². The Balaban J connectivity index is 2.00. The Hall–Kier alpha value is -2.93. The number of urea groups is 1. The minimum atomic E-state index is -0.592. The van der Waals surface area contributed by atoms with Gasteiger partial charge in [-0.2, -0.15) is 0 Å². The third-order valence-electron chi connectivity index (χ3n) is 3.23. The second-order valence-electron chi connectivity index (χ2n) is 5.01. The Morgan fingerprint density at radius 3 is 2.33 bits per heavy atom. The molecule has 0 radical (unpaired) electrons.